The molecule has 1 aromatic rings. The van der Waals surface area contributed by atoms with Gasteiger partial charge in [-0.15, -0.1) is 0 Å². The Bertz CT molecular complexity index is 462. The predicted octanol–water partition coefficient (Wildman–Crippen LogP) is 2.49. The van der Waals surface area contributed by atoms with Crippen LogP contribution in [0.25, 0.3) is 0 Å². The van der Waals surface area contributed by atoms with Crippen molar-refractivity contribution >= 4 is 5.91 Å². The van der Waals surface area contributed by atoms with Gasteiger partial charge in [0, 0.05) is 24.6 Å². The quantitative estimate of drug-likeness (QED) is 0.868. The third-order valence-corrected chi connectivity index (χ3v) is 3.76. The Morgan fingerprint density at radius 3 is 2.80 bits per heavy atom. The minimum Gasteiger partial charge on any atom is -0.494 e. The van der Waals surface area contributed by atoms with Gasteiger partial charge in [0.1, 0.15) is 5.75 Å². The van der Waals surface area contributed by atoms with E-state index in [1.54, 1.807) is 0 Å². The molecule has 1 fully saturated rings. The zero-order chi connectivity index (χ0) is 14.5. The van der Waals surface area contributed by atoms with Crippen molar-refractivity contribution in [2.45, 2.75) is 45.2 Å². The second kappa shape index (κ2) is 6.75. The number of para-hydroxylation sites is 1. The Balaban J connectivity index is 2.30. The summed E-state index contributed by atoms with van der Waals surface area (Å²) in [5.41, 5.74) is 7.24. The van der Waals surface area contributed by atoms with Crippen molar-refractivity contribution in [3.8, 4) is 5.75 Å². The number of nitrogens with two attached hydrogens (primary N) is 1. The van der Waals surface area contributed by atoms with E-state index in [-0.39, 0.29) is 18.0 Å². The number of amides is 1. The van der Waals surface area contributed by atoms with Crippen molar-refractivity contribution in [3.63, 3.8) is 0 Å². The Morgan fingerprint density at radius 2 is 2.10 bits per heavy atom. The number of nitrogens with zero attached hydrogens (tertiary/aromatic N) is 1. The van der Waals surface area contributed by atoms with Crippen LogP contribution in [0.4, 0.5) is 0 Å². The van der Waals surface area contributed by atoms with Crippen molar-refractivity contribution < 1.29 is 9.53 Å². The summed E-state index contributed by atoms with van der Waals surface area (Å²) in [7, 11) is 0. The zero-order valence-corrected chi connectivity index (χ0v) is 12.3. The maximum atomic E-state index is 12.1. The minimum atomic E-state index is -0.152. The first-order chi connectivity index (χ1) is 9.69. The highest BCUT2D eigenvalue weighted by atomic mass is 16.5. The highest BCUT2D eigenvalue weighted by Crippen LogP contribution is 2.37. The molecule has 0 saturated carbocycles. The van der Waals surface area contributed by atoms with Crippen LogP contribution in [0, 0.1) is 0 Å². The molecule has 2 atom stereocenters. The fourth-order valence-corrected chi connectivity index (χ4v) is 2.82. The molecular formula is C16H24N2O2. The van der Waals surface area contributed by atoms with Crippen molar-refractivity contribution in [2.75, 3.05) is 13.2 Å². The van der Waals surface area contributed by atoms with Crippen LogP contribution < -0.4 is 10.5 Å². The van der Waals surface area contributed by atoms with E-state index >= 15 is 0 Å². The Kier molecular flexibility index (Phi) is 5.01. The molecule has 4 nitrogen and oxygen atoms in total. The molecule has 0 radical (unpaired) electrons. The minimum absolute atomic E-state index is 0.0585. The molecule has 0 aromatic heterocycles. The zero-order valence-electron chi connectivity index (χ0n) is 12.3. The molecular weight excluding hydrogens is 252 g/mol. The van der Waals surface area contributed by atoms with E-state index in [0.29, 0.717) is 13.0 Å². The predicted molar refractivity (Wildman–Crippen MR) is 79.6 cm³/mol. The molecule has 2 N–H and O–H groups in total. The van der Waals surface area contributed by atoms with E-state index < -0.39 is 0 Å². The van der Waals surface area contributed by atoms with Crippen LogP contribution in [0.3, 0.4) is 0 Å². The number of benzene rings is 1. The lowest BCUT2D eigenvalue weighted by atomic mass is 9.99. The van der Waals surface area contributed by atoms with Crippen molar-refractivity contribution in [2.24, 2.45) is 5.73 Å². The SMILES string of the molecule is CCCCN1C(=O)CC(N)C1c1ccccc1OCC. The molecule has 20 heavy (non-hydrogen) atoms. The molecule has 0 bridgehead atoms. The van der Waals surface area contributed by atoms with Crippen LogP contribution in [-0.2, 0) is 4.79 Å². The van der Waals surface area contributed by atoms with E-state index in [9.17, 15) is 4.79 Å². The Hall–Kier alpha value is -1.55. The first kappa shape index (κ1) is 14.9. The van der Waals surface area contributed by atoms with Crippen molar-refractivity contribution in [3.05, 3.63) is 29.8 Å². The average molecular weight is 276 g/mol. The summed E-state index contributed by atoms with van der Waals surface area (Å²) in [6.07, 6.45) is 2.50. The topological polar surface area (TPSA) is 55.6 Å². The number of ether oxygens (including phenoxy) is 1. The number of hydrogen-bond donors (Lipinski definition) is 1. The summed E-state index contributed by atoms with van der Waals surface area (Å²) in [5, 5.41) is 0. The fraction of sp³-hybridized carbons (Fsp3) is 0.562. The Labute approximate surface area is 120 Å². The van der Waals surface area contributed by atoms with Gasteiger partial charge in [0.25, 0.3) is 0 Å². The third-order valence-electron chi connectivity index (χ3n) is 3.76. The lowest BCUT2D eigenvalue weighted by Crippen LogP contribution is -2.34. The number of carbonyl (C=O) groups is 1. The molecule has 1 heterocycles. The molecule has 1 amide bonds. The first-order valence-corrected chi connectivity index (χ1v) is 7.45. The van der Waals surface area contributed by atoms with Crippen LogP contribution in [0.2, 0.25) is 0 Å². The molecule has 2 rings (SSSR count). The van der Waals surface area contributed by atoms with Crippen LogP contribution in [0.15, 0.2) is 24.3 Å². The fourth-order valence-electron chi connectivity index (χ4n) is 2.82. The van der Waals surface area contributed by atoms with Gasteiger partial charge in [-0.1, -0.05) is 31.5 Å². The summed E-state index contributed by atoms with van der Waals surface area (Å²) >= 11 is 0. The molecule has 1 aromatic carbocycles. The van der Waals surface area contributed by atoms with Gasteiger partial charge in [0.05, 0.1) is 12.6 Å². The highest BCUT2D eigenvalue weighted by molar-refractivity contribution is 5.80. The molecule has 0 aliphatic carbocycles. The van der Waals surface area contributed by atoms with Gasteiger partial charge in [0.2, 0.25) is 5.91 Å². The summed E-state index contributed by atoms with van der Waals surface area (Å²) in [4.78, 5) is 14.1. The van der Waals surface area contributed by atoms with E-state index in [2.05, 4.69) is 6.92 Å². The maximum absolute atomic E-state index is 12.1. The van der Waals surface area contributed by atoms with Crippen LogP contribution in [-0.4, -0.2) is 30.0 Å². The van der Waals surface area contributed by atoms with Gasteiger partial charge in [0.15, 0.2) is 0 Å². The van der Waals surface area contributed by atoms with Gasteiger partial charge in [-0.05, 0) is 19.4 Å². The number of hydrogen-bond acceptors (Lipinski definition) is 3. The van der Waals surface area contributed by atoms with Crippen LogP contribution in [0.5, 0.6) is 5.75 Å². The largest absolute Gasteiger partial charge is 0.494 e. The van der Waals surface area contributed by atoms with E-state index in [1.807, 2.05) is 36.1 Å². The second-order valence-corrected chi connectivity index (χ2v) is 5.22. The molecule has 1 aliphatic heterocycles. The number of rotatable bonds is 6. The smallest absolute Gasteiger partial charge is 0.224 e. The number of unbranched alkanes of at least 4 members (excludes halogenated alkanes) is 1. The van der Waals surface area contributed by atoms with Gasteiger partial charge in [-0.2, -0.15) is 0 Å². The number of carbonyl (C=O) groups excluding carboxylic acids is 1. The van der Waals surface area contributed by atoms with Crippen molar-refractivity contribution in [1.29, 1.82) is 0 Å². The highest BCUT2D eigenvalue weighted by Gasteiger charge is 2.39. The summed E-state index contributed by atoms with van der Waals surface area (Å²) in [5.74, 6) is 0.994. The van der Waals surface area contributed by atoms with Gasteiger partial charge < -0.3 is 15.4 Å². The monoisotopic (exact) mass is 276 g/mol. The lowest BCUT2D eigenvalue weighted by Gasteiger charge is -2.28. The summed E-state index contributed by atoms with van der Waals surface area (Å²) < 4.78 is 5.69. The molecule has 1 saturated heterocycles. The Morgan fingerprint density at radius 1 is 1.35 bits per heavy atom. The number of likely N-dealkylation sites (tertiary alicyclic amines) is 1. The summed E-state index contributed by atoms with van der Waals surface area (Å²) in [6, 6.07) is 7.69. The molecule has 0 spiro atoms. The van der Waals surface area contributed by atoms with Gasteiger partial charge in [-0.3, -0.25) is 4.79 Å². The second-order valence-electron chi connectivity index (χ2n) is 5.22. The molecule has 2 unspecified atom stereocenters. The normalized spacial score (nSPS) is 22.4. The van der Waals surface area contributed by atoms with E-state index in [1.165, 1.54) is 0 Å². The standard InChI is InChI=1S/C16H24N2O2/c1-3-5-10-18-15(19)11-13(17)16(18)12-8-6-7-9-14(12)20-4-2/h6-9,13,16H,3-5,10-11,17H2,1-2H3. The van der Waals surface area contributed by atoms with E-state index in [0.717, 1.165) is 30.7 Å². The van der Waals surface area contributed by atoms with Crippen LogP contribution in [0.1, 0.15) is 44.7 Å². The maximum Gasteiger partial charge on any atom is 0.224 e. The lowest BCUT2D eigenvalue weighted by molar-refractivity contribution is -0.129. The summed E-state index contributed by atoms with van der Waals surface area (Å²) in [6.45, 7) is 5.48. The van der Waals surface area contributed by atoms with Gasteiger partial charge >= 0.3 is 0 Å². The third kappa shape index (κ3) is 2.96. The molecule has 1 aliphatic rings. The van der Waals surface area contributed by atoms with Gasteiger partial charge in [-0.25, -0.2) is 0 Å². The molecule has 110 valence electrons. The first-order valence-electron chi connectivity index (χ1n) is 7.45. The molecule has 4 heteroatoms. The average Bonchev–Trinajstić information content (AvgIpc) is 2.72. The van der Waals surface area contributed by atoms with E-state index in [4.69, 9.17) is 10.5 Å². The van der Waals surface area contributed by atoms with Crippen molar-refractivity contribution in [1.82, 2.24) is 4.90 Å². The van der Waals surface area contributed by atoms with Crippen LogP contribution >= 0.6 is 0 Å².